The molecule has 1 amide bonds. The van der Waals surface area contributed by atoms with Crippen molar-refractivity contribution < 1.29 is 14.3 Å². The Morgan fingerprint density at radius 2 is 2.08 bits per heavy atom. The van der Waals surface area contributed by atoms with Crippen LogP contribution in [-0.4, -0.2) is 35.6 Å². The smallest absolute Gasteiger partial charge is 0.234 e. The second kappa shape index (κ2) is 9.24. The van der Waals surface area contributed by atoms with Gasteiger partial charge in [0.15, 0.2) is 0 Å². The van der Waals surface area contributed by atoms with E-state index < -0.39 is 0 Å². The molecule has 0 aliphatic rings. The molecule has 0 saturated carbocycles. The van der Waals surface area contributed by atoms with Gasteiger partial charge in [-0.2, -0.15) is 4.98 Å². The van der Waals surface area contributed by atoms with E-state index in [1.165, 1.54) is 7.11 Å². The van der Waals surface area contributed by atoms with Gasteiger partial charge in [-0.05, 0) is 32.4 Å². The maximum atomic E-state index is 12.2. The SMILES string of the molecule is COc1cc(Cl)c(C)cc1NC(=O)CCNc1cncc(OC(C)C)n1. The van der Waals surface area contributed by atoms with Gasteiger partial charge in [0, 0.05) is 24.1 Å². The van der Waals surface area contributed by atoms with E-state index in [-0.39, 0.29) is 18.4 Å². The quantitative estimate of drug-likeness (QED) is 0.728. The van der Waals surface area contributed by atoms with E-state index in [2.05, 4.69) is 20.6 Å². The van der Waals surface area contributed by atoms with Crippen LogP contribution in [0.4, 0.5) is 11.5 Å². The number of benzene rings is 1. The number of aromatic nitrogens is 2. The molecule has 0 aliphatic heterocycles. The molecule has 0 spiro atoms. The molecule has 0 saturated heterocycles. The van der Waals surface area contributed by atoms with Gasteiger partial charge in [-0.1, -0.05) is 11.6 Å². The Labute approximate surface area is 158 Å². The summed E-state index contributed by atoms with van der Waals surface area (Å²) in [6.45, 7) is 6.10. The second-order valence-corrected chi connectivity index (χ2v) is 6.34. The number of aryl methyl sites for hydroxylation is 1. The van der Waals surface area contributed by atoms with Crippen molar-refractivity contribution in [1.29, 1.82) is 0 Å². The fourth-order valence-corrected chi connectivity index (χ4v) is 2.33. The van der Waals surface area contributed by atoms with Crippen LogP contribution in [0.1, 0.15) is 25.8 Å². The maximum Gasteiger partial charge on any atom is 0.234 e. The molecule has 0 atom stereocenters. The van der Waals surface area contributed by atoms with Crippen molar-refractivity contribution in [2.24, 2.45) is 0 Å². The van der Waals surface area contributed by atoms with Gasteiger partial charge < -0.3 is 20.1 Å². The minimum Gasteiger partial charge on any atom is -0.495 e. The highest BCUT2D eigenvalue weighted by Gasteiger charge is 2.10. The van der Waals surface area contributed by atoms with Crippen molar-refractivity contribution in [1.82, 2.24) is 9.97 Å². The Kier molecular flexibility index (Phi) is 7.03. The summed E-state index contributed by atoms with van der Waals surface area (Å²) < 4.78 is 10.7. The van der Waals surface area contributed by atoms with E-state index in [0.29, 0.717) is 34.7 Å². The van der Waals surface area contributed by atoms with Crippen LogP contribution in [0.5, 0.6) is 11.6 Å². The fourth-order valence-electron chi connectivity index (χ4n) is 2.18. The number of nitrogens with zero attached hydrogens (tertiary/aromatic N) is 2. The number of amides is 1. The molecular weight excluding hydrogens is 356 g/mol. The van der Waals surface area contributed by atoms with E-state index in [0.717, 1.165) is 5.56 Å². The lowest BCUT2D eigenvalue weighted by Crippen LogP contribution is -2.17. The van der Waals surface area contributed by atoms with Gasteiger partial charge in [-0.3, -0.25) is 9.78 Å². The zero-order valence-electron chi connectivity index (χ0n) is 15.3. The molecule has 26 heavy (non-hydrogen) atoms. The Bertz CT molecular complexity index is 768. The molecule has 0 radical (unpaired) electrons. The molecule has 7 nitrogen and oxygen atoms in total. The van der Waals surface area contributed by atoms with Crippen LogP contribution in [0, 0.1) is 6.92 Å². The minimum atomic E-state index is -0.153. The second-order valence-electron chi connectivity index (χ2n) is 5.94. The summed E-state index contributed by atoms with van der Waals surface area (Å²) in [6, 6.07) is 3.46. The number of carbonyl (C=O) groups is 1. The fraction of sp³-hybridized carbons (Fsp3) is 0.389. The topological polar surface area (TPSA) is 85.4 Å². The van der Waals surface area contributed by atoms with Crippen molar-refractivity contribution in [3.63, 3.8) is 0 Å². The summed E-state index contributed by atoms with van der Waals surface area (Å²) >= 11 is 6.07. The first kappa shape index (κ1) is 19.8. The first-order valence-corrected chi connectivity index (χ1v) is 8.63. The lowest BCUT2D eigenvalue weighted by atomic mass is 10.2. The molecule has 0 fully saturated rings. The molecule has 0 aliphatic carbocycles. The molecule has 0 unspecified atom stereocenters. The van der Waals surface area contributed by atoms with E-state index in [4.69, 9.17) is 21.1 Å². The predicted octanol–water partition coefficient (Wildman–Crippen LogP) is 3.67. The number of ether oxygens (including phenoxy) is 2. The Balaban J connectivity index is 1.89. The van der Waals surface area contributed by atoms with Gasteiger partial charge in [0.2, 0.25) is 11.8 Å². The Hall–Kier alpha value is -2.54. The average Bonchev–Trinajstić information content (AvgIpc) is 2.57. The van der Waals surface area contributed by atoms with Gasteiger partial charge in [0.05, 0.1) is 31.3 Å². The van der Waals surface area contributed by atoms with Gasteiger partial charge in [0.25, 0.3) is 0 Å². The standard InChI is InChI=1S/C18H23ClN4O3/c1-11(2)26-18-10-20-9-16(23-18)21-6-5-17(24)22-14-7-12(3)13(19)8-15(14)25-4/h7-11H,5-6H2,1-4H3,(H,21,23)(H,22,24). The zero-order valence-corrected chi connectivity index (χ0v) is 16.1. The third kappa shape index (κ3) is 5.77. The lowest BCUT2D eigenvalue weighted by molar-refractivity contribution is -0.116. The molecule has 0 bridgehead atoms. The summed E-state index contributed by atoms with van der Waals surface area (Å²) in [4.78, 5) is 20.5. The number of anilines is 2. The number of hydrogen-bond donors (Lipinski definition) is 2. The molecule has 140 valence electrons. The van der Waals surface area contributed by atoms with Crippen LogP contribution in [-0.2, 0) is 4.79 Å². The highest BCUT2D eigenvalue weighted by atomic mass is 35.5. The summed E-state index contributed by atoms with van der Waals surface area (Å²) in [5.41, 5.74) is 1.45. The zero-order chi connectivity index (χ0) is 19.1. The van der Waals surface area contributed by atoms with Crippen molar-refractivity contribution in [2.75, 3.05) is 24.3 Å². The third-order valence-corrected chi connectivity index (χ3v) is 3.79. The van der Waals surface area contributed by atoms with E-state index >= 15 is 0 Å². The van der Waals surface area contributed by atoms with Crippen molar-refractivity contribution in [2.45, 2.75) is 33.3 Å². The monoisotopic (exact) mass is 378 g/mol. The van der Waals surface area contributed by atoms with Crippen LogP contribution in [0.3, 0.4) is 0 Å². The van der Waals surface area contributed by atoms with Gasteiger partial charge in [0.1, 0.15) is 11.6 Å². The molecule has 1 heterocycles. The lowest BCUT2D eigenvalue weighted by Gasteiger charge is -2.13. The van der Waals surface area contributed by atoms with Crippen LogP contribution >= 0.6 is 11.6 Å². The van der Waals surface area contributed by atoms with Gasteiger partial charge >= 0.3 is 0 Å². The molecule has 2 rings (SSSR count). The number of halogens is 1. The molecule has 8 heteroatoms. The number of hydrogen-bond acceptors (Lipinski definition) is 6. The van der Waals surface area contributed by atoms with Crippen LogP contribution in [0.25, 0.3) is 0 Å². The van der Waals surface area contributed by atoms with Crippen LogP contribution in [0.2, 0.25) is 5.02 Å². The van der Waals surface area contributed by atoms with E-state index in [1.807, 2.05) is 20.8 Å². The first-order chi connectivity index (χ1) is 12.4. The van der Waals surface area contributed by atoms with Crippen LogP contribution < -0.4 is 20.1 Å². The number of carbonyl (C=O) groups excluding carboxylic acids is 1. The van der Waals surface area contributed by atoms with Crippen LogP contribution in [0.15, 0.2) is 24.5 Å². The maximum absolute atomic E-state index is 12.2. The molecule has 1 aromatic heterocycles. The third-order valence-electron chi connectivity index (χ3n) is 3.38. The van der Waals surface area contributed by atoms with Gasteiger partial charge in [-0.25, -0.2) is 0 Å². The van der Waals surface area contributed by atoms with Crippen molar-refractivity contribution in [3.05, 3.63) is 35.1 Å². The summed E-state index contributed by atoms with van der Waals surface area (Å²) in [5, 5.41) is 6.47. The largest absolute Gasteiger partial charge is 0.495 e. The number of rotatable bonds is 8. The van der Waals surface area contributed by atoms with Crippen molar-refractivity contribution >= 4 is 29.0 Å². The summed E-state index contributed by atoms with van der Waals surface area (Å²) in [5.74, 6) is 1.36. The highest BCUT2D eigenvalue weighted by molar-refractivity contribution is 6.31. The highest BCUT2D eigenvalue weighted by Crippen LogP contribution is 2.30. The summed E-state index contributed by atoms with van der Waals surface area (Å²) in [7, 11) is 1.53. The molecular formula is C18H23ClN4O3. The molecule has 2 aromatic rings. The predicted molar refractivity (Wildman–Crippen MR) is 102 cm³/mol. The van der Waals surface area contributed by atoms with E-state index in [1.54, 1.807) is 24.5 Å². The molecule has 2 N–H and O–H groups in total. The Morgan fingerprint density at radius 3 is 2.77 bits per heavy atom. The normalized spacial score (nSPS) is 10.5. The van der Waals surface area contributed by atoms with E-state index in [9.17, 15) is 4.79 Å². The average molecular weight is 379 g/mol. The molecule has 1 aromatic carbocycles. The van der Waals surface area contributed by atoms with Crippen molar-refractivity contribution in [3.8, 4) is 11.6 Å². The first-order valence-electron chi connectivity index (χ1n) is 8.25. The number of nitrogens with one attached hydrogen (secondary N) is 2. The minimum absolute atomic E-state index is 0.0168. The summed E-state index contributed by atoms with van der Waals surface area (Å²) in [6.07, 6.45) is 3.40. The Morgan fingerprint density at radius 1 is 1.31 bits per heavy atom. The van der Waals surface area contributed by atoms with Gasteiger partial charge in [-0.15, -0.1) is 0 Å². The number of methoxy groups -OCH3 is 1.